The van der Waals surface area contributed by atoms with Crippen molar-refractivity contribution in [3.05, 3.63) is 46.8 Å². The van der Waals surface area contributed by atoms with Gasteiger partial charge >= 0.3 is 0 Å². The topological polar surface area (TPSA) is 37.8 Å². The third-order valence-electron chi connectivity index (χ3n) is 1.77. The molecular formula is C10H7Cl2N3. The zero-order chi connectivity index (χ0) is 10.7. The van der Waals surface area contributed by atoms with Gasteiger partial charge in [-0.05, 0) is 24.3 Å². The van der Waals surface area contributed by atoms with Crippen LogP contribution in [0.4, 0.5) is 11.5 Å². The smallest absolute Gasteiger partial charge is 0.133 e. The van der Waals surface area contributed by atoms with Gasteiger partial charge in [0.25, 0.3) is 0 Å². The predicted octanol–water partition coefficient (Wildman–Crippen LogP) is 3.53. The van der Waals surface area contributed by atoms with Crippen LogP contribution in [0.25, 0.3) is 0 Å². The lowest BCUT2D eigenvalue weighted by Crippen LogP contribution is -1.93. The summed E-state index contributed by atoms with van der Waals surface area (Å²) in [7, 11) is 0. The van der Waals surface area contributed by atoms with Gasteiger partial charge in [-0.15, -0.1) is 0 Å². The first-order valence-corrected chi connectivity index (χ1v) is 4.99. The first-order chi connectivity index (χ1) is 7.25. The molecule has 0 bridgehead atoms. The minimum Gasteiger partial charge on any atom is -0.340 e. The van der Waals surface area contributed by atoms with Gasteiger partial charge in [0.2, 0.25) is 0 Å². The van der Waals surface area contributed by atoms with Crippen molar-refractivity contribution >= 4 is 34.7 Å². The second-order valence-corrected chi connectivity index (χ2v) is 3.66. The van der Waals surface area contributed by atoms with Crippen LogP contribution in [0.2, 0.25) is 10.0 Å². The predicted molar refractivity (Wildman–Crippen MR) is 61.8 cm³/mol. The molecule has 0 spiro atoms. The number of anilines is 2. The quantitative estimate of drug-likeness (QED) is 0.872. The third kappa shape index (κ3) is 2.58. The molecule has 1 aromatic carbocycles. The highest BCUT2D eigenvalue weighted by atomic mass is 35.5. The third-order valence-corrected chi connectivity index (χ3v) is 2.51. The van der Waals surface area contributed by atoms with E-state index in [1.807, 2.05) is 6.07 Å². The maximum Gasteiger partial charge on any atom is 0.133 e. The second kappa shape index (κ2) is 4.47. The zero-order valence-electron chi connectivity index (χ0n) is 7.61. The molecule has 2 rings (SSSR count). The van der Waals surface area contributed by atoms with Crippen LogP contribution in [0.1, 0.15) is 0 Å². The van der Waals surface area contributed by atoms with Crippen molar-refractivity contribution in [1.82, 2.24) is 9.97 Å². The van der Waals surface area contributed by atoms with Gasteiger partial charge in [0, 0.05) is 11.9 Å². The minimum atomic E-state index is 0.510. The number of rotatable bonds is 2. The Morgan fingerprint density at radius 2 is 1.93 bits per heavy atom. The van der Waals surface area contributed by atoms with Crippen LogP contribution in [-0.4, -0.2) is 9.97 Å². The van der Waals surface area contributed by atoms with Crippen LogP contribution in [0.3, 0.4) is 0 Å². The summed E-state index contributed by atoms with van der Waals surface area (Å²) < 4.78 is 0. The molecule has 1 heterocycles. The molecule has 2 aromatic rings. The number of hydrogen-bond acceptors (Lipinski definition) is 3. The van der Waals surface area contributed by atoms with Crippen molar-refractivity contribution in [3.8, 4) is 0 Å². The van der Waals surface area contributed by atoms with Crippen molar-refractivity contribution in [2.24, 2.45) is 0 Å². The maximum atomic E-state index is 5.88. The Morgan fingerprint density at radius 1 is 1.07 bits per heavy atom. The fraction of sp³-hybridized carbons (Fsp3) is 0. The maximum absolute atomic E-state index is 5.88. The van der Waals surface area contributed by atoms with Gasteiger partial charge < -0.3 is 5.32 Å². The summed E-state index contributed by atoms with van der Waals surface area (Å²) in [5.41, 5.74) is 0.836. The molecule has 0 fully saturated rings. The Labute approximate surface area is 97.1 Å². The molecule has 0 radical (unpaired) electrons. The van der Waals surface area contributed by atoms with Gasteiger partial charge in [-0.2, -0.15) is 0 Å². The highest BCUT2D eigenvalue weighted by Gasteiger charge is 1.99. The first kappa shape index (κ1) is 10.2. The van der Waals surface area contributed by atoms with E-state index in [2.05, 4.69) is 15.3 Å². The van der Waals surface area contributed by atoms with E-state index in [4.69, 9.17) is 23.2 Å². The van der Waals surface area contributed by atoms with E-state index in [0.29, 0.717) is 15.9 Å². The molecule has 0 aliphatic heterocycles. The Hall–Kier alpha value is -1.32. The SMILES string of the molecule is Clc1ccc(Nc2ccncn2)cc1Cl. The van der Waals surface area contributed by atoms with Gasteiger partial charge in [0.1, 0.15) is 12.1 Å². The Kier molecular flexibility index (Phi) is 3.04. The van der Waals surface area contributed by atoms with Crippen molar-refractivity contribution < 1.29 is 0 Å². The van der Waals surface area contributed by atoms with Crippen molar-refractivity contribution in [3.63, 3.8) is 0 Å². The largest absolute Gasteiger partial charge is 0.340 e. The molecule has 0 amide bonds. The molecule has 0 aliphatic carbocycles. The lowest BCUT2D eigenvalue weighted by Gasteiger charge is -2.05. The Balaban J connectivity index is 2.22. The van der Waals surface area contributed by atoms with Gasteiger partial charge in [0.15, 0.2) is 0 Å². The number of nitrogens with one attached hydrogen (secondary N) is 1. The summed E-state index contributed by atoms with van der Waals surface area (Å²) in [4.78, 5) is 7.85. The highest BCUT2D eigenvalue weighted by Crippen LogP contribution is 2.26. The molecule has 1 N–H and O–H groups in total. The summed E-state index contributed by atoms with van der Waals surface area (Å²) in [6, 6.07) is 7.07. The van der Waals surface area contributed by atoms with Gasteiger partial charge in [-0.1, -0.05) is 23.2 Å². The lowest BCUT2D eigenvalue weighted by atomic mass is 10.3. The van der Waals surface area contributed by atoms with E-state index in [1.54, 1.807) is 24.4 Å². The van der Waals surface area contributed by atoms with Gasteiger partial charge in [-0.3, -0.25) is 0 Å². The number of nitrogens with zero attached hydrogens (tertiary/aromatic N) is 2. The van der Waals surface area contributed by atoms with Crippen molar-refractivity contribution in [2.45, 2.75) is 0 Å². The molecule has 3 nitrogen and oxygen atoms in total. The highest BCUT2D eigenvalue weighted by molar-refractivity contribution is 6.42. The van der Waals surface area contributed by atoms with E-state index < -0.39 is 0 Å². The molecule has 15 heavy (non-hydrogen) atoms. The van der Waals surface area contributed by atoms with E-state index in [1.165, 1.54) is 6.33 Å². The van der Waals surface area contributed by atoms with Crippen LogP contribution in [0, 0.1) is 0 Å². The zero-order valence-corrected chi connectivity index (χ0v) is 9.13. The first-order valence-electron chi connectivity index (χ1n) is 4.24. The minimum absolute atomic E-state index is 0.510. The molecule has 1 aromatic heterocycles. The van der Waals surface area contributed by atoms with Gasteiger partial charge in [-0.25, -0.2) is 9.97 Å². The van der Waals surface area contributed by atoms with E-state index in [0.717, 1.165) is 5.69 Å². The molecule has 0 atom stereocenters. The molecule has 0 unspecified atom stereocenters. The lowest BCUT2D eigenvalue weighted by molar-refractivity contribution is 1.17. The molecule has 76 valence electrons. The standard InChI is InChI=1S/C10H7Cl2N3/c11-8-2-1-7(5-9(8)12)15-10-3-4-13-6-14-10/h1-6H,(H,13,14,15). The summed E-state index contributed by atoms with van der Waals surface area (Å²) in [5, 5.41) is 4.12. The fourth-order valence-electron chi connectivity index (χ4n) is 1.09. The normalized spacial score (nSPS) is 10.0. The summed E-state index contributed by atoms with van der Waals surface area (Å²) in [6.45, 7) is 0. The molecule has 0 aliphatic rings. The Bertz CT molecular complexity index is 459. The Morgan fingerprint density at radius 3 is 2.60 bits per heavy atom. The number of halogens is 2. The van der Waals surface area contributed by atoms with Gasteiger partial charge in [0.05, 0.1) is 10.0 Å². The number of aromatic nitrogens is 2. The summed E-state index contributed by atoms with van der Waals surface area (Å²) in [5.74, 6) is 0.711. The van der Waals surface area contributed by atoms with Crippen LogP contribution in [-0.2, 0) is 0 Å². The van der Waals surface area contributed by atoms with E-state index >= 15 is 0 Å². The summed E-state index contributed by atoms with van der Waals surface area (Å²) >= 11 is 11.7. The second-order valence-electron chi connectivity index (χ2n) is 2.85. The monoisotopic (exact) mass is 239 g/mol. The van der Waals surface area contributed by atoms with Crippen LogP contribution >= 0.6 is 23.2 Å². The van der Waals surface area contributed by atoms with Crippen LogP contribution < -0.4 is 5.32 Å². The number of hydrogen-bond donors (Lipinski definition) is 1. The number of benzene rings is 1. The molecule has 0 saturated carbocycles. The van der Waals surface area contributed by atoms with E-state index in [-0.39, 0.29) is 0 Å². The summed E-state index contributed by atoms with van der Waals surface area (Å²) in [6.07, 6.45) is 3.13. The van der Waals surface area contributed by atoms with E-state index in [9.17, 15) is 0 Å². The van der Waals surface area contributed by atoms with Crippen LogP contribution in [0.5, 0.6) is 0 Å². The molecular weight excluding hydrogens is 233 g/mol. The van der Waals surface area contributed by atoms with Crippen molar-refractivity contribution in [2.75, 3.05) is 5.32 Å². The fourth-order valence-corrected chi connectivity index (χ4v) is 1.38. The average Bonchev–Trinajstić information content (AvgIpc) is 2.25. The van der Waals surface area contributed by atoms with Crippen molar-refractivity contribution in [1.29, 1.82) is 0 Å². The molecule has 0 saturated heterocycles. The molecule has 5 heteroatoms. The van der Waals surface area contributed by atoms with Crippen LogP contribution in [0.15, 0.2) is 36.8 Å². The average molecular weight is 240 g/mol.